The normalized spacial score (nSPS) is 22.9. The van der Waals surface area contributed by atoms with Gasteiger partial charge in [-0.05, 0) is 65.9 Å². The molecule has 3 nitrogen and oxygen atoms in total. The molecule has 0 bridgehead atoms. The van der Waals surface area contributed by atoms with Crippen LogP contribution in [0.2, 0.25) is 0 Å². The lowest BCUT2D eigenvalue weighted by molar-refractivity contribution is 0.126. The van der Waals surface area contributed by atoms with Crippen LogP contribution in [-0.4, -0.2) is 31.6 Å². The molecule has 2 N–H and O–H groups in total. The first kappa shape index (κ1) is 15.3. The molecule has 1 heterocycles. The van der Waals surface area contributed by atoms with Gasteiger partial charge in [-0.1, -0.05) is 25.1 Å². The van der Waals surface area contributed by atoms with Crippen molar-refractivity contribution >= 4 is 10.8 Å². The highest BCUT2D eigenvalue weighted by Crippen LogP contribution is 2.25. The summed E-state index contributed by atoms with van der Waals surface area (Å²) in [5.41, 5.74) is 7.29. The number of fused-ring (bicyclic) bond motifs is 1. The lowest BCUT2D eigenvalue weighted by Crippen LogP contribution is -2.42. The average Bonchev–Trinajstić information content (AvgIpc) is 2.56. The Bertz CT molecular complexity index is 640. The fourth-order valence-corrected chi connectivity index (χ4v) is 3.43. The van der Waals surface area contributed by atoms with E-state index in [1.165, 1.54) is 29.3 Å². The first-order valence-corrected chi connectivity index (χ1v) is 8.18. The highest BCUT2D eigenvalue weighted by Gasteiger charge is 2.24. The topological polar surface area (TPSA) is 38.5 Å². The Balaban J connectivity index is 1.74. The van der Waals surface area contributed by atoms with Crippen molar-refractivity contribution in [3.63, 3.8) is 0 Å². The van der Waals surface area contributed by atoms with Crippen molar-refractivity contribution in [2.45, 2.75) is 19.9 Å². The molecule has 22 heavy (non-hydrogen) atoms. The molecule has 2 aromatic carbocycles. The lowest BCUT2D eigenvalue weighted by Gasteiger charge is -2.36. The molecular formula is C19H26N2O. The number of likely N-dealkylation sites (tertiary alicyclic amines) is 1. The fraction of sp³-hybridized carbons (Fsp3) is 0.474. The van der Waals surface area contributed by atoms with E-state index in [2.05, 4.69) is 42.2 Å². The zero-order valence-electron chi connectivity index (χ0n) is 13.6. The van der Waals surface area contributed by atoms with E-state index in [4.69, 9.17) is 10.5 Å². The van der Waals surface area contributed by atoms with Crippen LogP contribution in [0, 0.1) is 11.8 Å². The van der Waals surface area contributed by atoms with Crippen LogP contribution in [0.1, 0.15) is 18.9 Å². The molecule has 3 rings (SSSR count). The van der Waals surface area contributed by atoms with Crippen molar-refractivity contribution in [1.82, 2.24) is 4.90 Å². The van der Waals surface area contributed by atoms with E-state index in [1.807, 2.05) is 6.07 Å². The quantitative estimate of drug-likeness (QED) is 0.941. The van der Waals surface area contributed by atoms with Crippen LogP contribution in [0.25, 0.3) is 10.8 Å². The molecule has 1 saturated heterocycles. The van der Waals surface area contributed by atoms with Gasteiger partial charge in [-0.25, -0.2) is 0 Å². The molecule has 0 aliphatic carbocycles. The Hall–Kier alpha value is -1.58. The summed E-state index contributed by atoms with van der Waals surface area (Å²) in [5, 5.41) is 2.51. The number of benzene rings is 2. The number of hydrogen-bond acceptors (Lipinski definition) is 3. The molecule has 2 aromatic rings. The molecule has 0 radical (unpaired) electrons. The number of nitrogens with zero attached hydrogens (tertiary/aromatic N) is 1. The maximum Gasteiger partial charge on any atom is 0.119 e. The van der Waals surface area contributed by atoms with Crippen molar-refractivity contribution < 1.29 is 4.74 Å². The molecule has 0 saturated carbocycles. The van der Waals surface area contributed by atoms with E-state index in [1.54, 1.807) is 7.11 Å². The largest absolute Gasteiger partial charge is 0.497 e. The average molecular weight is 298 g/mol. The van der Waals surface area contributed by atoms with Gasteiger partial charge in [0.05, 0.1) is 7.11 Å². The van der Waals surface area contributed by atoms with Gasteiger partial charge in [0.25, 0.3) is 0 Å². The Morgan fingerprint density at radius 2 is 1.95 bits per heavy atom. The minimum absolute atomic E-state index is 0.637. The number of piperidine rings is 1. The molecule has 1 aliphatic rings. The van der Waals surface area contributed by atoms with E-state index >= 15 is 0 Å². The van der Waals surface area contributed by atoms with Gasteiger partial charge in [-0.15, -0.1) is 0 Å². The van der Waals surface area contributed by atoms with E-state index < -0.39 is 0 Å². The number of nitrogens with two attached hydrogens (primary N) is 1. The molecule has 0 spiro atoms. The van der Waals surface area contributed by atoms with Crippen LogP contribution >= 0.6 is 0 Å². The van der Waals surface area contributed by atoms with Gasteiger partial charge in [0.2, 0.25) is 0 Å². The van der Waals surface area contributed by atoms with Crippen LogP contribution in [0.15, 0.2) is 36.4 Å². The van der Waals surface area contributed by atoms with E-state index in [0.717, 1.165) is 31.3 Å². The molecule has 1 fully saturated rings. The van der Waals surface area contributed by atoms with Crippen molar-refractivity contribution in [3.05, 3.63) is 42.0 Å². The molecule has 0 amide bonds. The minimum atomic E-state index is 0.637. The zero-order valence-corrected chi connectivity index (χ0v) is 13.6. The van der Waals surface area contributed by atoms with Crippen molar-refractivity contribution in [3.8, 4) is 5.75 Å². The summed E-state index contributed by atoms with van der Waals surface area (Å²) in [6, 6.07) is 13.0. The third kappa shape index (κ3) is 3.26. The Labute approximate surface area is 133 Å². The molecule has 0 aromatic heterocycles. The van der Waals surface area contributed by atoms with Crippen molar-refractivity contribution in [2.24, 2.45) is 17.6 Å². The molecule has 1 aliphatic heterocycles. The molecule has 2 unspecified atom stereocenters. The third-order valence-electron chi connectivity index (χ3n) is 5.02. The zero-order chi connectivity index (χ0) is 15.5. The third-order valence-corrected chi connectivity index (χ3v) is 5.02. The number of hydrogen-bond donors (Lipinski definition) is 1. The molecule has 118 valence electrons. The standard InChI is InChI=1S/C19H26N2O/c1-14-7-8-21(13-18(14)11-20)12-15-3-4-17-10-19(22-2)6-5-16(17)9-15/h3-6,9-10,14,18H,7-8,11-13,20H2,1-2H3. The Morgan fingerprint density at radius 1 is 1.18 bits per heavy atom. The molecule has 3 heteroatoms. The summed E-state index contributed by atoms with van der Waals surface area (Å²) in [6.07, 6.45) is 1.26. The van der Waals surface area contributed by atoms with Crippen molar-refractivity contribution in [1.29, 1.82) is 0 Å². The van der Waals surface area contributed by atoms with Gasteiger partial charge in [0, 0.05) is 13.1 Å². The fourth-order valence-electron chi connectivity index (χ4n) is 3.43. The highest BCUT2D eigenvalue weighted by atomic mass is 16.5. The van der Waals surface area contributed by atoms with E-state index in [9.17, 15) is 0 Å². The van der Waals surface area contributed by atoms with Gasteiger partial charge < -0.3 is 10.5 Å². The molecular weight excluding hydrogens is 272 g/mol. The smallest absolute Gasteiger partial charge is 0.119 e. The predicted octanol–water partition coefficient (Wildman–Crippen LogP) is 3.27. The van der Waals surface area contributed by atoms with E-state index in [-0.39, 0.29) is 0 Å². The van der Waals surface area contributed by atoms with Gasteiger partial charge in [-0.2, -0.15) is 0 Å². The van der Waals surface area contributed by atoms with Crippen molar-refractivity contribution in [2.75, 3.05) is 26.7 Å². The van der Waals surface area contributed by atoms with Gasteiger partial charge in [0.1, 0.15) is 5.75 Å². The van der Waals surface area contributed by atoms with Crippen LogP contribution < -0.4 is 10.5 Å². The predicted molar refractivity (Wildman–Crippen MR) is 92.1 cm³/mol. The number of ether oxygens (including phenoxy) is 1. The van der Waals surface area contributed by atoms with Crippen LogP contribution in [-0.2, 0) is 6.54 Å². The number of methoxy groups -OCH3 is 1. The van der Waals surface area contributed by atoms with Crippen LogP contribution in [0.4, 0.5) is 0 Å². The van der Waals surface area contributed by atoms with Gasteiger partial charge in [-0.3, -0.25) is 4.90 Å². The summed E-state index contributed by atoms with van der Waals surface area (Å²) < 4.78 is 5.29. The number of rotatable bonds is 4. The lowest BCUT2D eigenvalue weighted by atomic mass is 9.87. The molecule has 2 atom stereocenters. The second kappa shape index (κ2) is 6.67. The summed E-state index contributed by atoms with van der Waals surface area (Å²) in [5.74, 6) is 2.31. The Morgan fingerprint density at radius 3 is 2.73 bits per heavy atom. The second-order valence-corrected chi connectivity index (χ2v) is 6.54. The highest BCUT2D eigenvalue weighted by molar-refractivity contribution is 5.84. The van der Waals surface area contributed by atoms with Crippen LogP contribution in [0.3, 0.4) is 0 Å². The Kier molecular flexibility index (Phi) is 4.65. The van der Waals surface area contributed by atoms with E-state index in [0.29, 0.717) is 5.92 Å². The summed E-state index contributed by atoms with van der Waals surface area (Å²) in [6.45, 7) is 6.45. The minimum Gasteiger partial charge on any atom is -0.497 e. The summed E-state index contributed by atoms with van der Waals surface area (Å²) in [4.78, 5) is 2.54. The summed E-state index contributed by atoms with van der Waals surface area (Å²) >= 11 is 0. The first-order chi connectivity index (χ1) is 10.7. The first-order valence-electron chi connectivity index (χ1n) is 8.18. The SMILES string of the molecule is COc1ccc2cc(CN3CCC(C)C(CN)C3)ccc2c1. The monoisotopic (exact) mass is 298 g/mol. The maximum atomic E-state index is 5.91. The van der Waals surface area contributed by atoms with Crippen LogP contribution in [0.5, 0.6) is 5.75 Å². The maximum absolute atomic E-state index is 5.91. The van der Waals surface area contributed by atoms with Gasteiger partial charge in [0.15, 0.2) is 0 Å². The summed E-state index contributed by atoms with van der Waals surface area (Å²) in [7, 11) is 1.71. The second-order valence-electron chi connectivity index (χ2n) is 6.54. The van der Waals surface area contributed by atoms with Gasteiger partial charge >= 0.3 is 0 Å².